The van der Waals surface area contributed by atoms with Gasteiger partial charge in [0.25, 0.3) is 5.69 Å². The van der Waals surface area contributed by atoms with Gasteiger partial charge in [-0.1, -0.05) is 18.2 Å². The van der Waals surface area contributed by atoms with Crippen molar-refractivity contribution in [2.75, 3.05) is 14.2 Å². The Hall–Kier alpha value is -4.07. The number of nitro groups is 1. The summed E-state index contributed by atoms with van der Waals surface area (Å²) in [6.45, 7) is 0. The third kappa shape index (κ3) is 3.30. The van der Waals surface area contributed by atoms with Crippen LogP contribution in [0.4, 0.5) is 5.69 Å². The van der Waals surface area contributed by atoms with Crippen LogP contribution in [0.2, 0.25) is 0 Å². The largest absolute Gasteiger partial charge is 0.493 e. The summed E-state index contributed by atoms with van der Waals surface area (Å²) in [6, 6.07) is 20.1. The van der Waals surface area contributed by atoms with Gasteiger partial charge in [-0.05, 0) is 36.4 Å². The second-order valence-electron chi connectivity index (χ2n) is 7.57. The summed E-state index contributed by atoms with van der Waals surface area (Å²) in [5.74, 6) is 2.09. The van der Waals surface area contributed by atoms with E-state index in [1.807, 2.05) is 47.5 Å². The summed E-state index contributed by atoms with van der Waals surface area (Å²) < 4.78 is 17.1. The quantitative estimate of drug-likeness (QED) is 0.424. The molecule has 8 heteroatoms. The molecule has 0 fully saturated rings. The van der Waals surface area contributed by atoms with Crippen LogP contribution in [0.3, 0.4) is 0 Å². The van der Waals surface area contributed by atoms with E-state index in [-0.39, 0.29) is 11.7 Å². The van der Waals surface area contributed by atoms with Crippen LogP contribution in [0, 0.1) is 10.1 Å². The number of nitrogens with zero attached hydrogens (tertiary/aromatic N) is 3. The zero-order chi connectivity index (χ0) is 22.2. The molecule has 0 aliphatic carbocycles. The maximum atomic E-state index is 11.1. The van der Waals surface area contributed by atoms with Gasteiger partial charge in [0.2, 0.25) is 6.23 Å². The number of ether oxygens (including phenoxy) is 3. The van der Waals surface area contributed by atoms with Crippen LogP contribution >= 0.6 is 0 Å². The molecule has 32 heavy (non-hydrogen) atoms. The summed E-state index contributed by atoms with van der Waals surface area (Å²) in [7, 11) is 3.21. The monoisotopic (exact) mass is 431 g/mol. The normalized spacial score (nSPS) is 18.8. The molecular weight excluding hydrogens is 410 g/mol. The SMILES string of the molecule is COc1ccc(C2=NN3C(C2)c2ccccc2OC3c2ccc([N+](=O)[O-])cc2)cc1OC. The smallest absolute Gasteiger partial charge is 0.269 e. The number of hydrogen-bond acceptors (Lipinski definition) is 7. The second kappa shape index (κ2) is 7.88. The van der Waals surface area contributed by atoms with Crippen molar-refractivity contribution in [3.05, 3.63) is 93.5 Å². The summed E-state index contributed by atoms with van der Waals surface area (Å²) in [4.78, 5) is 10.6. The van der Waals surface area contributed by atoms with E-state index in [1.54, 1.807) is 26.4 Å². The van der Waals surface area contributed by atoms with Crippen LogP contribution in [-0.2, 0) is 0 Å². The molecule has 3 aromatic rings. The molecule has 0 bridgehead atoms. The molecule has 0 radical (unpaired) electrons. The zero-order valence-electron chi connectivity index (χ0n) is 17.6. The number of hydrazone groups is 1. The highest BCUT2D eigenvalue weighted by molar-refractivity contribution is 6.02. The third-order valence-corrected chi connectivity index (χ3v) is 5.80. The Labute approximate surface area is 184 Å². The van der Waals surface area contributed by atoms with Crippen LogP contribution < -0.4 is 14.2 Å². The fourth-order valence-corrected chi connectivity index (χ4v) is 4.21. The average Bonchev–Trinajstić information content (AvgIpc) is 3.29. The van der Waals surface area contributed by atoms with Gasteiger partial charge in [-0.15, -0.1) is 0 Å². The minimum Gasteiger partial charge on any atom is -0.493 e. The maximum absolute atomic E-state index is 11.1. The Morgan fingerprint density at radius 3 is 2.50 bits per heavy atom. The van der Waals surface area contributed by atoms with Crippen molar-refractivity contribution in [1.29, 1.82) is 0 Å². The number of methoxy groups -OCH3 is 2. The van der Waals surface area contributed by atoms with E-state index < -0.39 is 11.2 Å². The highest BCUT2D eigenvalue weighted by Gasteiger charge is 2.41. The second-order valence-corrected chi connectivity index (χ2v) is 7.57. The van der Waals surface area contributed by atoms with Gasteiger partial charge in [0, 0.05) is 35.2 Å². The van der Waals surface area contributed by atoms with Gasteiger partial charge in [-0.3, -0.25) is 10.1 Å². The van der Waals surface area contributed by atoms with E-state index in [1.165, 1.54) is 12.1 Å². The number of rotatable bonds is 5. The van der Waals surface area contributed by atoms with Crippen LogP contribution in [0.25, 0.3) is 0 Å². The van der Waals surface area contributed by atoms with E-state index in [0.29, 0.717) is 17.9 Å². The van der Waals surface area contributed by atoms with Crippen molar-refractivity contribution in [2.24, 2.45) is 5.10 Å². The number of hydrogen-bond donors (Lipinski definition) is 0. The molecule has 0 aromatic heterocycles. The average molecular weight is 431 g/mol. The number of fused-ring (bicyclic) bond motifs is 3. The molecule has 3 aromatic carbocycles. The minimum atomic E-state index is -0.492. The molecule has 2 unspecified atom stereocenters. The van der Waals surface area contributed by atoms with Crippen molar-refractivity contribution >= 4 is 11.4 Å². The van der Waals surface area contributed by atoms with Gasteiger partial charge >= 0.3 is 0 Å². The molecule has 2 aliphatic heterocycles. The fraction of sp³-hybridized carbons (Fsp3) is 0.208. The molecule has 2 atom stereocenters. The van der Waals surface area contributed by atoms with Crippen molar-refractivity contribution < 1.29 is 19.1 Å². The van der Waals surface area contributed by atoms with Gasteiger partial charge < -0.3 is 14.2 Å². The van der Waals surface area contributed by atoms with Gasteiger partial charge in [-0.25, -0.2) is 5.01 Å². The molecule has 0 amide bonds. The molecule has 2 heterocycles. The Morgan fingerprint density at radius 1 is 1.03 bits per heavy atom. The van der Waals surface area contributed by atoms with Crippen molar-refractivity contribution in [2.45, 2.75) is 18.7 Å². The first-order valence-corrected chi connectivity index (χ1v) is 10.2. The zero-order valence-corrected chi connectivity index (χ0v) is 17.6. The first kappa shape index (κ1) is 19.9. The Morgan fingerprint density at radius 2 is 1.78 bits per heavy atom. The Bertz CT molecular complexity index is 1210. The lowest BCUT2D eigenvalue weighted by Gasteiger charge is -2.38. The highest BCUT2D eigenvalue weighted by Crippen LogP contribution is 2.47. The van der Waals surface area contributed by atoms with Crippen molar-refractivity contribution in [1.82, 2.24) is 5.01 Å². The minimum absolute atomic E-state index is 0.0109. The van der Waals surface area contributed by atoms with Crippen molar-refractivity contribution in [3.63, 3.8) is 0 Å². The maximum Gasteiger partial charge on any atom is 0.269 e. The molecule has 0 saturated heterocycles. The van der Waals surface area contributed by atoms with E-state index in [2.05, 4.69) is 0 Å². The Balaban J connectivity index is 1.55. The predicted molar refractivity (Wildman–Crippen MR) is 118 cm³/mol. The van der Waals surface area contributed by atoms with E-state index >= 15 is 0 Å². The van der Waals surface area contributed by atoms with E-state index in [9.17, 15) is 10.1 Å². The number of benzene rings is 3. The fourth-order valence-electron chi connectivity index (χ4n) is 4.21. The summed E-state index contributed by atoms with van der Waals surface area (Å²) in [6.07, 6.45) is 0.202. The number of nitro benzene ring substituents is 1. The third-order valence-electron chi connectivity index (χ3n) is 5.80. The summed E-state index contributed by atoms with van der Waals surface area (Å²) in [5, 5.41) is 17.9. The topological polar surface area (TPSA) is 86.4 Å². The lowest BCUT2D eigenvalue weighted by Crippen LogP contribution is -2.33. The molecule has 8 nitrogen and oxygen atoms in total. The summed E-state index contributed by atoms with van der Waals surface area (Å²) in [5.41, 5.74) is 3.75. The van der Waals surface area contributed by atoms with Gasteiger partial charge in [0.1, 0.15) is 5.75 Å². The Kier molecular flexibility index (Phi) is 4.89. The molecule has 0 spiro atoms. The molecule has 2 aliphatic rings. The first-order valence-electron chi connectivity index (χ1n) is 10.2. The molecular formula is C24H21N3O5. The number of non-ortho nitro benzene ring substituents is 1. The van der Waals surface area contributed by atoms with E-state index in [0.717, 1.165) is 28.2 Å². The van der Waals surface area contributed by atoms with Crippen LogP contribution in [0.5, 0.6) is 17.2 Å². The van der Waals surface area contributed by atoms with Crippen molar-refractivity contribution in [3.8, 4) is 17.2 Å². The molecule has 5 rings (SSSR count). The lowest BCUT2D eigenvalue weighted by atomic mass is 9.95. The van der Waals surface area contributed by atoms with E-state index in [4.69, 9.17) is 19.3 Å². The standard InChI is InChI=1S/C24H21N3O5/c1-30-22-12-9-16(13-23(22)31-2)19-14-20-18-5-3-4-6-21(18)32-24(26(20)25-19)15-7-10-17(11-8-15)27(28)29/h3-13,20,24H,14H2,1-2H3. The summed E-state index contributed by atoms with van der Waals surface area (Å²) >= 11 is 0. The molecule has 162 valence electrons. The number of para-hydroxylation sites is 1. The van der Waals surface area contributed by atoms with Crippen LogP contribution in [0.15, 0.2) is 71.8 Å². The predicted octanol–water partition coefficient (Wildman–Crippen LogP) is 4.85. The van der Waals surface area contributed by atoms with Crippen LogP contribution in [0.1, 0.15) is 35.4 Å². The molecule has 0 N–H and O–H groups in total. The van der Waals surface area contributed by atoms with Crippen LogP contribution in [-0.4, -0.2) is 29.9 Å². The van der Waals surface area contributed by atoms with Gasteiger partial charge in [-0.2, -0.15) is 5.10 Å². The molecule has 0 saturated carbocycles. The first-order chi connectivity index (χ1) is 15.6. The highest BCUT2D eigenvalue weighted by atomic mass is 16.6. The van der Waals surface area contributed by atoms with Gasteiger partial charge in [0.15, 0.2) is 11.5 Å². The van der Waals surface area contributed by atoms with Gasteiger partial charge in [0.05, 0.1) is 30.9 Å². The lowest BCUT2D eigenvalue weighted by molar-refractivity contribution is -0.384.